The van der Waals surface area contributed by atoms with Gasteiger partial charge in [0.25, 0.3) is 0 Å². The van der Waals surface area contributed by atoms with Gasteiger partial charge in [-0.1, -0.05) is 36.6 Å². The molecular formula is C23H30N2O3. The van der Waals surface area contributed by atoms with Crippen molar-refractivity contribution >= 4 is 5.91 Å². The topological polar surface area (TPSA) is 64.4 Å². The second kappa shape index (κ2) is 8.38. The predicted octanol–water partition coefficient (Wildman–Crippen LogP) is 5.24. The number of ether oxygens (including phenoxy) is 1. The van der Waals surface area contributed by atoms with Gasteiger partial charge in [0.1, 0.15) is 5.75 Å². The molecule has 2 fully saturated rings. The fourth-order valence-electron chi connectivity index (χ4n) is 4.43. The average molecular weight is 383 g/mol. The van der Waals surface area contributed by atoms with Crippen LogP contribution in [0.4, 0.5) is 0 Å². The summed E-state index contributed by atoms with van der Waals surface area (Å²) in [4.78, 5) is 11.2. The summed E-state index contributed by atoms with van der Waals surface area (Å²) in [7, 11) is 0. The summed E-state index contributed by atoms with van der Waals surface area (Å²) in [6, 6.07) is 10.5. The van der Waals surface area contributed by atoms with Crippen molar-refractivity contribution in [3.8, 4) is 5.75 Å². The number of rotatable bonds is 6. The van der Waals surface area contributed by atoms with Crippen molar-refractivity contribution in [1.82, 2.24) is 10.5 Å². The summed E-state index contributed by atoms with van der Waals surface area (Å²) < 4.78 is 11.5. The lowest BCUT2D eigenvalue weighted by molar-refractivity contribution is -0.119. The van der Waals surface area contributed by atoms with E-state index in [1.807, 2.05) is 13.0 Å². The van der Waals surface area contributed by atoms with Crippen LogP contribution in [0.15, 0.2) is 34.9 Å². The van der Waals surface area contributed by atoms with Crippen molar-refractivity contribution in [3.63, 3.8) is 0 Å². The van der Waals surface area contributed by atoms with Crippen LogP contribution >= 0.6 is 0 Å². The molecule has 1 N–H and O–H groups in total. The molecule has 1 heterocycles. The number of hydrogen-bond donors (Lipinski definition) is 1. The van der Waals surface area contributed by atoms with Gasteiger partial charge >= 0.3 is 0 Å². The first kappa shape index (κ1) is 19.0. The van der Waals surface area contributed by atoms with E-state index in [9.17, 15) is 4.79 Å². The number of amides is 1. The molecule has 2 aliphatic carbocycles. The highest BCUT2D eigenvalue weighted by Gasteiger charge is 2.34. The van der Waals surface area contributed by atoms with Crippen molar-refractivity contribution in [2.75, 3.05) is 0 Å². The van der Waals surface area contributed by atoms with Gasteiger partial charge in [-0.15, -0.1) is 0 Å². The molecule has 1 aromatic heterocycles. The number of benzene rings is 1. The molecule has 150 valence electrons. The van der Waals surface area contributed by atoms with Crippen molar-refractivity contribution < 1.29 is 14.1 Å². The summed E-state index contributed by atoms with van der Waals surface area (Å²) in [5.41, 5.74) is 2.42. The van der Waals surface area contributed by atoms with Gasteiger partial charge in [-0.05, 0) is 56.2 Å². The van der Waals surface area contributed by atoms with Crippen molar-refractivity contribution in [1.29, 1.82) is 0 Å². The smallest absolute Gasteiger partial charge is 0.217 e. The van der Waals surface area contributed by atoms with E-state index < -0.39 is 0 Å². The van der Waals surface area contributed by atoms with Crippen molar-refractivity contribution in [2.24, 2.45) is 0 Å². The van der Waals surface area contributed by atoms with E-state index in [-0.39, 0.29) is 18.1 Å². The zero-order valence-corrected chi connectivity index (χ0v) is 16.8. The highest BCUT2D eigenvalue weighted by molar-refractivity contribution is 5.73. The molecule has 0 radical (unpaired) electrons. The third kappa shape index (κ3) is 4.40. The van der Waals surface area contributed by atoms with Crippen LogP contribution in [0.1, 0.15) is 93.7 Å². The number of carbonyl (C=O) groups excluding carboxylic acids is 1. The van der Waals surface area contributed by atoms with Gasteiger partial charge in [0.15, 0.2) is 5.76 Å². The first-order valence-electron chi connectivity index (χ1n) is 10.6. The second-order valence-electron chi connectivity index (χ2n) is 8.39. The quantitative estimate of drug-likeness (QED) is 0.741. The maximum atomic E-state index is 11.2. The summed E-state index contributed by atoms with van der Waals surface area (Å²) in [6.07, 6.45) is 8.89. The van der Waals surface area contributed by atoms with E-state index in [2.05, 4.69) is 34.7 Å². The van der Waals surface area contributed by atoms with Crippen LogP contribution in [-0.4, -0.2) is 17.2 Å². The van der Waals surface area contributed by atoms with Crippen molar-refractivity contribution in [2.45, 2.75) is 82.8 Å². The predicted molar refractivity (Wildman–Crippen MR) is 107 cm³/mol. The van der Waals surface area contributed by atoms with E-state index in [1.54, 1.807) is 0 Å². The average Bonchev–Trinajstić information content (AvgIpc) is 3.15. The van der Waals surface area contributed by atoms with Gasteiger partial charge in [0.2, 0.25) is 5.91 Å². The molecule has 1 amide bonds. The Morgan fingerprint density at radius 3 is 2.54 bits per heavy atom. The Hall–Kier alpha value is -2.30. The Morgan fingerprint density at radius 1 is 1.14 bits per heavy atom. The molecule has 0 unspecified atom stereocenters. The van der Waals surface area contributed by atoms with Crippen LogP contribution in [0.5, 0.6) is 5.75 Å². The van der Waals surface area contributed by atoms with E-state index >= 15 is 0 Å². The number of aromatic nitrogens is 1. The minimum absolute atomic E-state index is 0.0722. The van der Waals surface area contributed by atoms with Gasteiger partial charge in [-0.3, -0.25) is 4.79 Å². The Morgan fingerprint density at radius 2 is 1.86 bits per heavy atom. The first-order chi connectivity index (χ1) is 13.6. The molecule has 0 saturated heterocycles. The zero-order chi connectivity index (χ0) is 19.5. The zero-order valence-electron chi connectivity index (χ0n) is 16.8. The van der Waals surface area contributed by atoms with Crippen molar-refractivity contribution in [3.05, 3.63) is 47.3 Å². The highest BCUT2D eigenvalue weighted by Crippen LogP contribution is 2.40. The molecule has 28 heavy (non-hydrogen) atoms. The van der Waals surface area contributed by atoms with Gasteiger partial charge < -0.3 is 14.6 Å². The van der Waals surface area contributed by atoms with E-state index in [4.69, 9.17) is 9.26 Å². The standard InChI is InChI=1S/C23H30N2O3/c1-15(24-16(2)26)23-14-22(25-28-23)19-12-21(13-19)27-20-10-8-18(9-11-20)17-6-4-3-5-7-17/h8-11,14-15,17,19,21H,3-7,12-13H2,1-2H3,(H,24,26)/t15-,19?,21?/m0/s1. The minimum atomic E-state index is -0.159. The Bertz CT molecular complexity index is 786. The molecule has 0 bridgehead atoms. The maximum absolute atomic E-state index is 11.2. The van der Waals surface area contributed by atoms with Gasteiger partial charge in [0, 0.05) is 18.9 Å². The van der Waals surface area contributed by atoms with E-state index in [0.29, 0.717) is 11.7 Å². The van der Waals surface area contributed by atoms with Crippen LogP contribution in [0, 0.1) is 0 Å². The van der Waals surface area contributed by atoms with Crippen LogP contribution in [-0.2, 0) is 4.79 Å². The Labute approximate surface area is 166 Å². The molecule has 2 saturated carbocycles. The lowest BCUT2D eigenvalue weighted by Gasteiger charge is -2.34. The molecule has 0 spiro atoms. The number of hydrogen-bond acceptors (Lipinski definition) is 4. The molecule has 4 rings (SSSR count). The molecule has 1 atom stereocenters. The molecule has 2 aliphatic rings. The highest BCUT2D eigenvalue weighted by atomic mass is 16.5. The van der Waals surface area contributed by atoms with E-state index in [1.165, 1.54) is 44.6 Å². The molecule has 0 aliphatic heterocycles. The van der Waals surface area contributed by atoms with Crippen LogP contribution < -0.4 is 10.1 Å². The fraction of sp³-hybridized carbons (Fsp3) is 0.565. The fourth-order valence-corrected chi connectivity index (χ4v) is 4.43. The summed E-state index contributed by atoms with van der Waals surface area (Å²) in [6.45, 7) is 3.40. The lowest BCUT2D eigenvalue weighted by atomic mass is 9.80. The molecule has 1 aromatic carbocycles. The SMILES string of the molecule is CC(=O)N[C@@H](C)c1cc(C2CC(Oc3ccc(C4CCCCC4)cc3)C2)no1. The molecule has 5 nitrogen and oxygen atoms in total. The molecule has 5 heteroatoms. The maximum Gasteiger partial charge on any atom is 0.217 e. The Kier molecular flexibility index (Phi) is 5.69. The lowest BCUT2D eigenvalue weighted by Crippen LogP contribution is -2.32. The van der Waals surface area contributed by atoms with Gasteiger partial charge in [0.05, 0.1) is 17.8 Å². The van der Waals surface area contributed by atoms with Gasteiger partial charge in [-0.25, -0.2) is 0 Å². The third-order valence-corrected chi connectivity index (χ3v) is 6.17. The first-order valence-corrected chi connectivity index (χ1v) is 10.6. The van der Waals surface area contributed by atoms with E-state index in [0.717, 1.165) is 30.2 Å². The van der Waals surface area contributed by atoms with Crippen LogP contribution in [0.2, 0.25) is 0 Å². The summed E-state index contributed by atoms with van der Waals surface area (Å²) in [5.74, 6) is 2.69. The normalized spacial score (nSPS) is 23.6. The van der Waals surface area contributed by atoms with Gasteiger partial charge in [-0.2, -0.15) is 0 Å². The molecular weight excluding hydrogens is 352 g/mol. The number of carbonyl (C=O) groups is 1. The Balaban J connectivity index is 1.26. The van der Waals surface area contributed by atoms with Crippen LogP contribution in [0.3, 0.4) is 0 Å². The number of nitrogens with one attached hydrogen (secondary N) is 1. The van der Waals surface area contributed by atoms with Crippen LogP contribution in [0.25, 0.3) is 0 Å². The summed E-state index contributed by atoms with van der Waals surface area (Å²) >= 11 is 0. The molecule has 2 aromatic rings. The minimum Gasteiger partial charge on any atom is -0.490 e. The largest absolute Gasteiger partial charge is 0.490 e. The monoisotopic (exact) mass is 382 g/mol. The second-order valence-corrected chi connectivity index (χ2v) is 8.39. The summed E-state index contributed by atoms with van der Waals surface area (Å²) in [5, 5.41) is 7.01. The number of nitrogens with zero attached hydrogens (tertiary/aromatic N) is 1. The third-order valence-electron chi connectivity index (χ3n) is 6.17.